The summed E-state index contributed by atoms with van der Waals surface area (Å²) >= 11 is 5.93. The molecule has 4 aromatic rings. The second kappa shape index (κ2) is 9.72. The van der Waals surface area contributed by atoms with Gasteiger partial charge in [-0.15, -0.1) is 0 Å². The van der Waals surface area contributed by atoms with Crippen LogP contribution in [0.5, 0.6) is 0 Å². The molecule has 0 aliphatic rings. The van der Waals surface area contributed by atoms with Crippen molar-refractivity contribution in [2.24, 2.45) is 0 Å². The van der Waals surface area contributed by atoms with E-state index < -0.39 is 31.7 Å². The van der Waals surface area contributed by atoms with Gasteiger partial charge in [0, 0.05) is 10.7 Å². The SMILES string of the molecule is Cc1ccc(S(=O)(=O)Nc2oc(=O)n(NS(=O)(=O)c3ccc(C)cc3)c2Nc2ccc(Cl)cc2)cc1. The van der Waals surface area contributed by atoms with E-state index in [-0.39, 0.29) is 15.6 Å². The van der Waals surface area contributed by atoms with Gasteiger partial charge in [-0.1, -0.05) is 47.0 Å². The van der Waals surface area contributed by atoms with Gasteiger partial charge >= 0.3 is 5.76 Å². The van der Waals surface area contributed by atoms with Crippen LogP contribution in [0.2, 0.25) is 5.02 Å². The van der Waals surface area contributed by atoms with E-state index in [1.807, 2.05) is 0 Å². The molecule has 0 radical (unpaired) electrons. The summed E-state index contributed by atoms with van der Waals surface area (Å²) in [6.45, 7) is 3.60. The Morgan fingerprint density at radius 2 is 1.25 bits per heavy atom. The maximum absolute atomic E-state index is 13.0. The third kappa shape index (κ3) is 5.56. The van der Waals surface area contributed by atoms with Crippen molar-refractivity contribution in [1.29, 1.82) is 0 Å². The quantitative estimate of drug-likeness (QED) is 0.300. The van der Waals surface area contributed by atoms with Crippen LogP contribution in [0.25, 0.3) is 0 Å². The number of rotatable bonds is 8. The zero-order chi connectivity index (χ0) is 26.1. The minimum Gasteiger partial charge on any atom is -0.387 e. The van der Waals surface area contributed by atoms with E-state index in [1.165, 1.54) is 24.3 Å². The molecule has 0 bridgehead atoms. The fraction of sp³-hybridized carbons (Fsp3) is 0.0870. The largest absolute Gasteiger partial charge is 0.442 e. The summed E-state index contributed by atoms with van der Waals surface area (Å²) in [6, 6.07) is 18.1. The number of nitrogens with one attached hydrogen (secondary N) is 3. The first-order valence-corrected chi connectivity index (χ1v) is 13.8. The Balaban J connectivity index is 1.78. The van der Waals surface area contributed by atoms with Crippen LogP contribution in [0.4, 0.5) is 17.4 Å². The number of benzene rings is 3. The van der Waals surface area contributed by atoms with Crippen LogP contribution >= 0.6 is 11.6 Å². The van der Waals surface area contributed by atoms with E-state index in [2.05, 4.69) is 14.9 Å². The number of aryl methyl sites for hydroxylation is 2. The molecule has 0 aliphatic carbocycles. The summed E-state index contributed by atoms with van der Waals surface area (Å²) < 4.78 is 59.7. The number of anilines is 3. The van der Waals surface area contributed by atoms with Gasteiger partial charge in [0.25, 0.3) is 25.9 Å². The zero-order valence-corrected chi connectivity index (χ0v) is 21.4. The van der Waals surface area contributed by atoms with Crippen molar-refractivity contribution in [3.8, 4) is 0 Å². The Hall–Kier alpha value is -3.74. The Labute approximate surface area is 212 Å². The van der Waals surface area contributed by atoms with Crippen molar-refractivity contribution in [3.05, 3.63) is 99.5 Å². The smallest absolute Gasteiger partial charge is 0.387 e. The third-order valence-electron chi connectivity index (χ3n) is 5.02. The molecule has 0 saturated carbocycles. The topological polar surface area (TPSA) is 140 Å². The minimum absolute atomic E-state index is 0.0822. The highest BCUT2D eigenvalue weighted by Gasteiger charge is 2.26. The number of halogens is 1. The molecule has 13 heteroatoms. The van der Waals surface area contributed by atoms with Gasteiger partial charge in [0.1, 0.15) is 0 Å². The Kier molecular flexibility index (Phi) is 6.85. The average molecular weight is 549 g/mol. The van der Waals surface area contributed by atoms with Gasteiger partial charge in [-0.2, -0.15) is 13.1 Å². The van der Waals surface area contributed by atoms with Crippen molar-refractivity contribution in [3.63, 3.8) is 0 Å². The van der Waals surface area contributed by atoms with E-state index in [4.69, 9.17) is 16.0 Å². The van der Waals surface area contributed by atoms with Gasteiger partial charge in [-0.05, 0) is 62.4 Å². The average Bonchev–Trinajstić information content (AvgIpc) is 3.08. The van der Waals surface area contributed by atoms with Gasteiger partial charge in [-0.25, -0.2) is 22.8 Å². The molecule has 0 saturated heterocycles. The van der Waals surface area contributed by atoms with Crippen molar-refractivity contribution in [1.82, 2.24) is 4.68 Å². The lowest BCUT2D eigenvalue weighted by atomic mass is 10.2. The van der Waals surface area contributed by atoms with Crippen LogP contribution in [0.3, 0.4) is 0 Å². The fourth-order valence-electron chi connectivity index (χ4n) is 3.10. The molecule has 3 aromatic carbocycles. The van der Waals surface area contributed by atoms with Crippen LogP contribution in [0.1, 0.15) is 11.1 Å². The van der Waals surface area contributed by atoms with Gasteiger partial charge in [0.15, 0.2) is 5.82 Å². The predicted molar refractivity (Wildman–Crippen MR) is 137 cm³/mol. The maximum atomic E-state index is 13.0. The summed E-state index contributed by atoms with van der Waals surface area (Å²) in [5, 5.41) is 3.25. The molecule has 0 spiro atoms. The van der Waals surface area contributed by atoms with Crippen LogP contribution in [0, 0.1) is 13.8 Å². The second-order valence-corrected chi connectivity index (χ2v) is 11.6. The van der Waals surface area contributed by atoms with Gasteiger partial charge in [-0.3, -0.25) is 0 Å². The van der Waals surface area contributed by atoms with Crippen molar-refractivity contribution in [2.45, 2.75) is 23.6 Å². The number of nitrogens with zero attached hydrogens (tertiary/aromatic N) is 1. The summed E-state index contributed by atoms with van der Waals surface area (Å²) in [5.74, 6) is -2.00. The van der Waals surface area contributed by atoms with Gasteiger partial charge in [0.2, 0.25) is 0 Å². The van der Waals surface area contributed by atoms with E-state index in [9.17, 15) is 21.6 Å². The summed E-state index contributed by atoms with van der Waals surface area (Å²) in [5.41, 5.74) is 2.06. The highest BCUT2D eigenvalue weighted by atomic mass is 35.5. The molecule has 0 aliphatic heterocycles. The lowest BCUT2D eigenvalue weighted by molar-refractivity contribution is 0.510. The number of hydrogen-bond acceptors (Lipinski definition) is 7. The molecule has 0 atom stereocenters. The van der Waals surface area contributed by atoms with Crippen molar-refractivity contribution < 1.29 is 21.3 Å². The van der Waals surface area contributed by atoms with E-state index in [1.54, 1.807) is 62.4 Å². The highest BCUT2D eigenvalue weighted by molar-refractivity contribution is 7.93. The van der Waals surface area contributed by atoms with Crippen molar-refractivity contribution >= 4 is 49.0 Å². The van der Waals surface area contributed by atoms with Crippen LogP contribution < -0.4 is 20.6 Å². The van der Waals surface area contributed by atoms with Crippen molar-refractivity contribution in [2.75, 3.05) is 14.9 Å². The molecular formula is C23H21ClN4O6S2. The molecule has 3 N–H and O–H groups in total. The predicted octanol–water partition coefficient (Wildman–Crippen LogP) is 4.19. The minimum atomic E-state index is -4.25. The van der Waals surface area contributed by atoms with E-state index in [0.717, 1.165) is 11.1 Å². The molecule has 10 nitrogen and oxygen atoms in total. The summed E-state index contributed by atoms with van der Waals surface area (Å²) in [4.78, 5) is 14.7. The highest BCUT2D eigenvalue weighted by Crippen LogP contribution is 2.28. The summed E-state index contributed by atoms with van der Waals surface area (Å²) in [6.07, 6.45) is 0. The molecule has 36 heavy (non-hydrogen) atoms. The van der Waals surface area contributed by atoms with Crippen LogP contribution in [0.15, 0.2) is 91.8 Å². The first-order chi connectivity index (χ1) is 16.9. The number of oxazole rings is 1. The lowest BCUT2D eigenvalue weighted by Crippen LogP contribution is -2.31. The first kappa shape index (κ1) is 25.4. The van der Waals surface area contributed by atoms with Gasteiger partial charge in [0.05, 0.1) is 9.79 Å². The monoisotopic (exact) mass is 548 g/mol. The van der Waals surface area contributed by atoms with Crippen LogP contribution in [-0.2, 0) is 20.0 Å². The Bertz CT molecular complexity index is 1660. The lowest BCUT2D eigenvalue weighted by Gasteiger charge is -2.13. The van der Waals surface area contributed by atoms with Crippen LogP contribution in [-0.4, -0.2) is 21.5 Å². The molecule has 0 fully saturated rings. The standard InChI is InChI=1S/C23H21ClN4O6S2/c1-15-3-11-19(12-4-15)35(30,31)26-22-21(25-18-9-7-17(24)8-10-18)28(23(29)34-22)27-36(32,33)20-13-5-16(2)6-14-20/h3-14,25-27H,1-2H3. The molecule has 0 amide bonds. The third-order valence-corrected chi connectivity index (χ3v) is 7.93. The first-order valence-electron chi connectivity index (χ1n) is 10.4. The maximum Gasteiger partial charge on any atom is 0.442 e. The molecule has 188 valence electrons. The normalized spacial score (nSPS) is 11.8. The molecule has 0 unspecified atom stereocenters. The zero-order valence-electron chi connectivity index (χ0n) is 19.0. The van der Waals surface area contributed by atoms with E-state index in [0.29, 0.717) is 15.4 Å². The van der Waals surface area contributed by atoms with E-state index >= 15 is 0 Å². The molecule has 1 heterocycles. The Morgan fingerprint density at radius 3 is 1.78 bits per heavy atom. The Morgan fingerprint density at radius 1 is 0.750 bits per heavy atom. The fourth-order valence-corrected chi connectivity index (χ4v) is 5.22. The number of aromatic nitrogens is 1. The molecular weight excluding hydrogens is 528 g/mol. The summed E-state index contributed by atoms with van der Waals surface area (Å²) in [7, 11) is -8.44. The molecule has 1 aromatic heterocycles. The second-order valence-electron chi connectivity index (χ2n) is 7.84. The number of sulfonamides is 2. The molecule has 4 rings (SSSR count). The number of hydrogen-bond donors (Lipinski definition) is 3. The van der Waals surface area contributed by atoms with Gasteiger partial charge < -0.3 is 9.73 Å².